The molecule has 6 nitrogen and oxygen atoms in total. The Morgan fingerprint density at radius 2 is 1.89 bits per heavy atom. The van der Waals surface area contributed by atoms with Crippen molar-refractivity contribution in [1.82, 2.24) is 9.97 Å². The zero-order valence-electron chi connectivity index (χ0n) is 22.8. The second-order valence-corrected chi connectivity index (χ2v) is 11.4. The lowest BCUT2D eigenvalue weighted by Crippen LogP contribution is -2.35. The van der Waals surface area contributed by atoms with Gasteiger partial charge < -0.3 is 14.7 Å². The van der Waals surface area contributed by atoms with Crippen molar-refractivity contribution in [3.63, 3.8) is 0 Å². The molecule has 4 rings (SSSR count). The zero-order valence-corrected chi connectivity index (χ0v) is 24.5. The van der Waals surface area contributed by atoms with E-state index in [2.05, 4.69) is 87.8 Å². The van der Waals surface area contributed by atoms with Crippen molar-refractivity contribution in [1.29, 1.82) is 0 Å². The Labute approximate surface area is 234 Å². The molecule has 0 spiro atoms. The van der Waals surface area contributed by atoms with Crippen LogP contribution in [0.15, 0.2) is 51.7 Å². The molecule has 9 heteroatoms. The number of halogens is 1. The molecule has 38 heavy (non-hydrogen) atoms. The summed E-state index contributed by atoms with van der Waals surface area (Å²) in [5.74, 6) is 2.64. The van der Waals surface area contributed by atoms with E-state index in [9.17, 15) is 4.39 Å². The summed E-state index contributed by atoms with van der Waals surface area (Å²) in [4.78, 5) is 21.3. The van der Waals surface area contributed by atoms with Crippen LogP contribution < -0.4 is 4.90 Å². The normalized spacial score (nSPS) is 13.8. The predicted molar refractivity (Wildman–Crippen MR) is 164 cm³/mol. The van der Waals surface area contributed by atoms with Gasteiger partial charge in [0.25, 0.3) is 0 Å². The number of thioether (sulfide) groups is 2. The lowest BCUT2D eigenvalue weighted by molar-refractivity contribution is 0.121. The van der Waals surface area contributed by atoms with Gasteiger partial charge in [0.1, 0.15) is 24.6 Å². The maximum Gasteiger partial charge on any atom is 0.140 e. The molecular weight excluding hydrogens is 517 g/mol. The quantitative estimate of drug-likeness (QED) is 0.150. The van der Waals surface area contributed by atoms with Gasteiger partial charge in [-0.15, -0.1) is 16.9 Å². The topological polar surface area (TPSA) is 63.0 Å². The Balaban J connectivity index is 0.000000505. The first-order valence-corrected chi connectivity index (χ1v) is 15.4. The van der Waals surface area contributed by atoms with Gasteiger partial charge in [0.15, 0.2) is 0 Å². The molecule has 0 bridgehead atoms. The molecule has 0 amide bonds. The molecule has 1 aromatic heterocycles. The molecule has 0 N–H and O–H groups in total. The van der Waals surface area contributed by atoms with Crippen molar-refractivity contribution < 1.29 is 9.23 Å². The van der Waals surface area contributed by atoms with Crippen LogP contribution >= 0.6 is 23.5 Å². The number of nitrogens with zero attached hydrogens (tertiary/aromatic N) is 5. The molecule has 0 radical (unpaired) electrons. The van der Waals surface area contributed by atoms with E-state index in [1.807, 2.05) is 0 Å². The monoisotopic (exact) mass is 555 g/mol. The van der Waals surface area contributed by atoms with Gasteiger partial charge in [0.05, 0.1) is 5.52 Å². The highest BCUT2D eigenvalue weighted by atomic mass is 32.2. The molecule has 1 fully saturated rings. The van der Waals surface area contributed by atoms with E-state index in [0.717, 1.165) is 66.1 Å². The van der Waals surface area contributed by atoms with Gasteiger partial charge in [-0.3, -0.25) is 0 Å². The molecular formula is C29H38FN5OS2. The standard InChI is InChI=1S/C24H27FN4S2.C5H11NO/c1-26-13-16-6-8-29(9-7-16)24-21-12-19(25)11-20(23(21)27-15-28-24)17-4-5-18(14-30-2)22(10-17)31-3;1-5(2)4-7-6-3/h4-5,10-12,15-16H,1,6-9,13-14H2,2-3H3;5H,3-4H2,1-2H3. The minimum Gasteiger partial charge on any atom is -0.396 e. The van der Waals surface area contributed by atoms with E-state index in [4.69, 9.17) is 0 Å². The van der Waals surface area contributed by atoms with Crippen LogP contribution in [-0.2, 0) is 10.6 Å². The van der Waals surface area contributed by atoms with E-state index in [-0.39, 0.29) is 5.82 Å². The number of anilines is 1. The highest BCUT2D eigenvalue weighted by Crippen LogP contribution is 2.36. The molecule has 2 heterocycles. The van der Waals surface area contributed by atoms with Gasteiger partial charge in [-0.2, -0.15) is 11.8 Å². The molecule has 0 saturated carbocycles. The Bertz CT molecular complexity index is 1220. The third-order valence-corrected chi connectivity index (χ3v) is 7.80. The van der Waals surface area contributed by atoms with Crippen molar-refractivity contribution in [2.24, 2.45) is 22.0 Å². The third-order valence-electron chi connectivity index (χ3n) is 6.38. The average Bonchev–Trinajstić information content (AvgIpc) is 2.92. The van der Waals surface area contributed by atoms with Crippen LogP contribution in [0.25, 0.3) is 22.0 Å². The summed E-state index contributed by atoms with van der Waals surface area (Å²) in [6.45, 7) is 14.2. The summed E-state index contributed by atoms with van der Waals surface area (Å²) >= 11 is 3.53. The molecule has 0 atom stereocenters. The summed E-state index contributed by atoms with van der Waals surface area (Å²) in [5.41, 5.74) is 3.90. The first-order valence-electron chi connectivity index (χ1n) is 12.8. The first-order chi connectivity index (χ1) is 18.4. The van der Waals surface area contributed by atoms with Crippen molar-refractivity contribution in [3.05, 3.63) is 48.0 Å². The molecule has 1 saturated heterocycles. The molecule has 2 aromatic carbocycles. The highest BCUT2D eigenvalue weighted by Gasteiger charge is 2.22. The number of hydrogen-bond acceptors (Lipinski definition) is 8. The van der Waals surface area contributed by atoms with Gasteiger partial charge in [-0.25, -0.2) is 14.4 Å². The van der Waals surface area contributed by atoms with Crippen LogP contribution in [0, 0.1) is 17.7 Å². The van der Waals surface area contributed by atoms with Gasteiger partial charge in [-0.05, 0) is 73.2 Å². The summed E-state index contributed by atoms with van der Waals surface area (Å²) in [6.07, 6.45) is 7.88. The fourth-order valence-corrected chi connectivity index (χ4v) is 5.79. The van der Waals surface area contributed by atoms with Crippen LogP contribution in [-0.4, -0.2) is 62.2 Å². The van der Waals surface area contributed by atoms with Crippen LogP contribution in [0.5, 0.6) is 0 Å². The largest absolute Gasteiger partial charge is 0.396 e. The summed E-state index contributed by atoms with van der Waals surface area (Å²) in [7, 11) is 0. The minimum atomic E-state index is -0.261. The highest BCUT2D eigenvalue weighted by molar-refractivity contribution is 7.99. The number of benzene rings is 2. The van der Waals surface area contributed by atoms with Crippen LogP contribution in [0.3, 0.4) is 0 Å². The average molecular weight is 556 g/mol. The number of hydrogen-bond donors (Lipinski definition) is 0. The summed E-state index contributed by atoms with van der Waals surface area (Å²) in [6, 6.07) is 9.54. The minimum absolute atomic E-state index is 0.261. The van der Waals surface area contributed by atoms with Crippen molar-refractivity contribution in [2.45, 2.75) is 37.3 Å². The fraction of sp³-hybridized carbons (Fsp3) is 0.448. The lowest BCUT2D eigenvalue weighted by Gasteiger charge is -2.32. The number of aliphatic imine (C=N–C) groups is 1. The summed E-state index contributed by atoms with van der Waals surface area (Å²) < 4.78 is 14.8. The lowest BCUT2D eigenvalue weighted by atomic mass is 9.96. The molecule has 0 unspecified atom stereocenters. The van der Waals surface area contributed by atoms with E-state index in [1.54, 1.807) is 42.0 Å². The van der Waals surface area contributed by atoms with E-state index < -0.39 is 0 Å². The maximum absolute atomic E-state index is 14.8. The molecule has 1 aliphatic rings. The van der Waals surface area contributed by atoms with Crippen LogP contribution in [0.1, 0.15) is 32.3 Å². The third kappa shape index (κ3) is 7.93. The fourth-order valence-electron chi connectivity index (χ4n) is 4.49. The number of oxime groups is 1. The Kier molecular flexibility index (Phi) is 11.9. The van der Waals surface area contributed by atoms with E-state index in [1.165, 1.54) is 10.5 Å². The molecule has 1 aliphatic heterocycles. The number of rotatable bonds is 10. The van der Waals surface area contributed by atoms with Crippen molar-refractivity contribution in [2.75, 3.05) is 43.7 Å². The molecule has 3 aromatic rings. The van der Waals surface area contributed by atoms with Gasteiger partial charge >= 0.3 is 0 Å². The number of aromatic nitrogens is 2. The van der Waals surface area contributed by atoms with Crippen LogP contribution in [0.2, 0.25) is 0 Å². The number of fused-ring (bicyclic) bond motifs is 1. The first kappa shape index (κ1) is 29.9. The van der Waals surface area contributed by atoms with Crippen molar-refractivity contribution >= 4 is 53.7 Å². The summed E-state index contributed by atoms with van der Waals surface area (Å²) in [5, 5.41) is 4.00. The number of piperidine rings is 1. The van der Waals surface area contributed by atoms with Gasteiger partial charge in [0, 0.05) is 47.9 Å². The maximum atomic E-state index is 14.8. The molecule has 0 aliphatic carbocycles. The Hall–Kier alpha value is -2.65. The zero-order chi connectivity index (χ0) is 27.5. The molecule has 204 valence electrons. The predicted octanol–water partition coefficient (Wildman–Crippen LogP) is 7.21. The van der Waals surface area contributed by atoms with Gasteiger partial charge in [0.2, 0.25) is 0 Å². The smallest absolute Gasteiger partial charge is 0.140 e. The second-order valence-electron chi connectivity index (χ2n) is 9.66. The SMILES string of the molecule is C=NCC1CCN(c2ncnc3c(-c4ccc(CSC)c(SC)c4)cc(F)cc23)CC1.C=NOCC(C)C. The van der Waals surface area contributed by atoms with Gasteiger partial charge in [-0.1, -0.05) is 26.0 Å². The van der Waals surface area contributed by atoms with Crippen LogP contribution in [0.4, 0.5) is 10.2 Å². The van der Waals surface area contributed by atoms with E-state index in [0.29, 0.717) is 18.4 Å². The Morgan fingerprint density at radius 1 is 1.13 bits per heavy atom. The van der Waals surface area contributed by atoms with E-state index >= 15 is 0 Å². The second kappa shape index (κ2) is 15.1. The van der Waals surface area contributed by atoms with Crippen molar-refractivity contribution in [3.8, 4) is 11.1 Å². The Morgan fingerprint density at radius 3 is 2.50 bits per heavy atom.